The number of rotatable bonds is 2. The summed E-state index contributed by atoms with van der Waals surface area (Å²) in [5.41, 5.74) is 6.94. The predicted molar refractivity (Wildman–Crippen MR) is 114 cm³/mol. The first-order valence-corrected chi connectivity index (χ1v) is 10.5. The van der Waals surface area contributed by atoms with Gasteiger partial charge in [-0.15, -0.1) is 0 Å². The molecule has 1 N–H and O–H groups in total. The average Bonchev–Trinajstić information content (AvgIpc) is 3.06. The highest BCUT2D eigenvalue weighted by molar-refractivity contribution is 6.01. The molecule has 3 nitrogen and oxygen atoms in total. The minimum Gasteiger partial charge on any atom is -0.294 e. The molecule has 2 aliphatic carbocycles. The van der Waals surface area contributed by atoms with Gasteiger partial charge in [0.05, 0.1) is 11.6 Å². The lowest BCUT2D eigenvalue weighted by molar-refractivity contribution is -0.118. The molecular weight excluding hydrogens is 344 g/mol. The summed E-state index contributed by atoms with van der Waals surface area (Å²) in [6.45, 7) is 13.4. The van der Waals surface area contributed by atoms with Crippen molar-refractivity contribution in [3.63, 3.8) is 0 Å². The summed E-state index contributed by atoms with van der Waals surface area (Å²) in [5, 5.41) is 7.64. The van der Waals surface area contributed by atoms with Crippen molar-refractivity contribution in [2.45, 2.75) is 78.1 Å². The highest BCUT2D eigenvalue weighted by atomic mass is 16.1. The lowest BCUT2D eigenvalue weighted by Gasteiger charge is -2.45. The second-order valence-electron chi connectivity index (χ2n) is 10.4. The van der Waals surface area contributed by atoms with Gasteiger partial charge in [0.25, 0.3) is 0 Å². The highest BCUT2D eigenvalue weighted by Crippen LogP contribution is 2.53. The number of aromatic nitrogens is 2. The normalized spacial score (nSPS) is 24.1. The minimum atomic E-state index is -0.398. The molecule has 0 spiro atoms. The van der Waals surface area contributed by atoms with Crippen LogP contribution in [0.25, 0.3) is 0 Å². The molecular formula is C25H32N2O. The van der Waals surface area contributed by atoms with Gasteiger partial charge in [-0.2, -0.15) is 5.10 Å². The van der Waals surface area contributed by atoms with Gasteiger partial charge in [0.15, 0.2) is 5.78 Å². The third-order valence-electron chi connectivity index (χ3n) is 6.71. The monoisotopic (exact) mass is 376 g/mol. The van der Waals surface area contributed by atoms with Gasteiger partial charge in [0, 0.05) is 29.7 Å². The van der Waals surface area contributed by atoms with E-state index in [0.717, 1.165) is 24.8 Å². The number of carbonyl (C=O) groups is 1. The molecule has 148 valence electrons. The van der Waals surface area contributed by atoms with Crippen molar-refractivity contribution >= 4 is 5.78 Å². The molecule has 1 heterocycles. The molecule has 3 heteroatoms. The Labute approximate surface area is 168 Å². The van der Waals surface area contributed by atoms with Crippen LogP contribution in [0.3, 0.4) is 0 Å². The van der Waals surface area contributed by atoms with Crippen LogP contribution in [0.4, 0.5) is 0 Å². The summed E-state index contributed by atoms with van der Waals surface area (Å²) in [6, 6.07) is 8.88. The number of fused-ring (bicyclic) bond motifs is 1. The van der Waals surface area contributed by atoms with E-state index in [2.05, 4.69) is 76.0 Å². The number of aromatic amines is 1. The van der Waals surface area contributed by atoms with E-state index in [0.29, 0.717) is 12.2 Å². The Bertz CT molecular complexity index is 970. The number of H-pyrrole nitrogens is 1. The van der Waals surface area contributed by atoms with E-state index >= 15 is 0 Å². The number of hydrogen-bond donors (Lipinski definition) is 1. The Hall–Kier alpha value is -2.16. The van der Waals surface area contributed by atoms with Gasteiger partial charge in [0.2, 0.25) is 0 Å². The Morgan fingerprint density at radius 2 is 1.93 bits per heavy atom. The first kappa shape index (κ1) is 19.2. The molecule has 0 bridgehead atoms. The van der Waals surface area contributed by atoms with Crippen LogP contribution >= 0.6 is 0 Å². The molecule has 0 unspecified atom stereocenters. The van der Waals surface area contributed by atoms with E-state index in [1.165, 1.54) is 28.0 Å². The van der Waals surface area contributed by atoms with Crippen LogP contribution in [0.5, 0.6) is 0 Å². The van der Waals surface area contributed by atoms with Gasteiger partial charge < -0.3 is 0 Å². The van der Waals surface area contributed by atoms with Gasteiger partial charge in [-0.1, -0.05) is 71.4 Å². The zero-order chi connectivity index (χ0) is 20.3. The van der Waals surface area contributed by atoms with Gasteiger partial charge in [-0.25, -0.2) is 0 Å². The summed E-state index contributed by atoms with van der Waals surface area (Å²) in [5.74, 6) is 0.320. The van der Waals surface area contributed by atoms with E-state index in [-0.39, 0.29) is 10.8 Å². The molecule has 2 aromatic rings. The summed E-state index contributed by atoms with van der Waals surface area (Å²) >= 11 is 0. The minimum absolute atomic E-state index is 0.0280. The molecule has 0 saturated heterocycles. The summed E-state index contributed by atoms with van der Waals surface area (Å²) in [6.07, 6.45) is 5.24. The zero-order valence-electron chi connectivity index (χ0n) is 18.1. The largest absolute Gasteiger partial charge is 0.294 e. The van der Waals surface area contributed by atoms with Crippen molar-refractivity contribution in [2.24, 2.45) is 5.41 Å². The maximum Gasteiger partial charge on any atom is 0.160 e. The van der Waals surface area contributed by atoms with Crippen LogP contribution in [-0.2, 0) is 22.0 Å². The molecule has 0 amide bonds. The van der Waals surface area contributed by atoms with E-state index in [4.69, 9.17) is 0 Å². The molecule has 2 aliphatic rings. The average molecular weight is 377 g/mol. The molecule has 1 aromatic carbocycles. The molecule has 0 radical (unpaired) electrons. The lowest BCUT2D eigenvalue weighted by Crippen LogP contribution is -2.42. The molecule has 0 saturated carbocycles. The number of nitrogens with one attached hydrogen (secondary N) is 1. The second-order valence-corrected chi connectivity index (χ2v) is 10.4. The van der Waals surface area contributed by atoms with E-state index in [1.54, 1.807) is 0 Å². The molecule has 1 aromatic heterocycles. The summed E-state index contributed by atoms with van der Waals surface area (Å²) < 4.78 is 0. The van der Waals surface area contributed by atoms with E-state index in [1.807, 2.05) is 6.20 Å². The number of hydrogen-bond acceptors (Lipinski definition) is 2. The Kier molecular flexibility index (Phi) is 4.22. The number of allylic oxidation sites excluding steroid dienone is 2. The Balaban J connectivity index is 2.01. The molecule has 28 heavy (non-hydrogen) atoms. The van der Waals surface area contributed by atoms with Crippen molar-refractivity contribution in [1.29, 1.82) is 0 Å². The Morgan fingerprint density at radius 3 is 2.61 bits per heavy atom. The quantitative estimate of drug-likeness (QED) is 0.736. The molecule has 0 aliphatic heterocycles. The van der Waals surface area contributed by atoms with E-state index < -0.39 is 5.41 Å². The lowest BCUT2D eigenvalue weighted by atomic mass is 9.57. The third kappa shape index (κ3) is 2.78. The van der Waals surface area contributed by atoms with Gasteiger partial charge in [-0.05, 0) is 34.8 Å². The number of benzene rings is 1. The van der Waals surface area contributed by atoms with Crippen LogP contribution in [0.1, 0.15) is 83.2 Å². The highest BCUT2D eigenvalue weighted by Gasteiger charge is 2.49. The topological polar surface area (TPSA) is 45.8 Å². The number of nitrogens with zero attached hydrogens (tertiary/aromatic N) is 1. The zero-order valence-corrected chi connectivity index (χ0v) is 18.1. The second kappa shape index (κ2) is 6.17. The van der Waals surface area contributed by atoms with Crippen LogP contribution in [0, 0.1) is 5.41 Å². The van der Waals surface area contributed by atoms with Crippen molar-refractivity contribution in [1.82, 2.24) is 10.2 Å². The van der Waals surface area contributed by atoms with Gasteiger partial charge in [-0.3, -0.25) is 9.89 Å². The third-order valence-corrected chi connectivity index (χ3v) is 6.71. The maximum atomic E-state index is 13.5. The van der Waals surface area contributed by atoms with Crippen LogP contribution in [0.15, 0.2) is 41.6 Å². The predicted octanol–water partition coefficient (Wildman–Crippen LogP) is 5.65. The van der Waals surface area contributed by atoms with E-state index in [9.17, 15) is 4.79 Å². The number of Topliss-reactive ketones (excluding diaryl/α,β-unsaturated/α-hetero) is 1. The number of ketones is 1. The fourth-order valence-electron chi connectivity index (χ4n) is 5.43. The molecule has 0 fully saturated rings. The van der Waals surface area contributed by atoms with Crippen LogP contribution in [-0.4, -0.2) is 16.0 Å². The maximum absolute atomic E-state index is 13.5. The van der Waals surface area contributed by atoms with Crippen molar-refractivity contribution < 1.29 is 4.79 Å². The molecule has 1 atom stereocenters. The first-order chi connectivity index (χ1) is 13.1. The SMILES string of the molecule is CC[C@]1(c2cccc(C(C)(C)C)c2)C2=C(Cc3[nH]ncc31)CC(C)(C)CC2=O. The van der Waals surface area contributed by atoms with Crippen molar-refractivity contribution in [3.05, 3.63) is 64.0 Å². The fraction of sp³-hybridized carbons (Fsp3) is 0.520. The summed E-state index contributed by atoms with van der Waals surface area (Å²) in [7, 11) is 0. The van der Waals surface area contributed by atoms with Crippen LogP contribution in [0.2, 0.25) is 0 Å². The van der Waals surface area contributed by atoms with Gasteiger partial charge >= 0.3 is 0 Å². The molecule has 4 rings (SSSR count). The van der Waals surface area contributed by atoms with Crippen LogP contribution < -0.4 is 0 Å². The number of carbonyl (C=O) groups excluding carboxylic acids is 1. The fourth-order valence-corrected chi connectivity index (χ4v) is 5.43. The smallest absolute Gasteiger partial charge is 0.160 e. The standard InChI is InChI=1S/C25H32N2O/c1-7-25(18-10-8-9-17(12-18)23(2,3)4)19-15-26-27-20(19)11-16-13-24(5,6)14-21(28)22(16)25/h8-10,12,15H,7,11,13-14H2,1-6H3,(H,26,27)/t25-/m1/s1. The van der Waals surface area contributed by atoms with Gasteiger partial charge in [0.1, 0.15) is 0 Å². The summed E-state index contributed by atoms with van der Waals surface area (Å²) in [4.78, 5) is 13.5. The van der Waals surface area contributed by atoms with Crippen molar-refractivity contribution in [2.75, 3.05) is 0 Å². The van der Waals surface area contributed by atoms with Crippen molar-refractivity contribution in [3.8, 4) is 0 Å². The first-order valence-electron chi connectivity index (χ1n) is 10.5. The Morgan fingerprint density at radius 1 is 1.18 bits per heavy atom.